The second kappa shape index (κ2) is 6.34. The predicted octanol–water partition coefficient (Wildman–Crippen LogP) is 6.68. The summed E-state index contributed by atoms with van der Waals surface area (Å²) in [4.78, 5) is 10.2. The molecule has 146 valence electrons. The standard InChI is InChI=1S/C28H18N2O/c1-2-7-18(8-3-1)26-25-21-13-5-9-17-10-6-14-22(24(17)21)27(25)30-28(29-26)20-12-4-11-19(15-20)23-16-31-23/h1-15,23H,16H2. The van der Waals surface area contributed by atoms with Crippen molar-refractivity contribution in [2.75, 3.05) is 6.61 Å². The summed E-state index contributed by atoms with van der Waals surface area (Å²) in [6, 6.07) is 31.8. The van der Waals surface area contributed by atoms with Crippen LogP contribution in [0.3, 0.4) is 0 Å². The van der Waals surface area contributed by atoms with Crippen LogP contribution in [0.1, 0.15) is 11.7 Å². The van der Waals surface area contributed by atoms with Crippen molar-refractivity contribution in [1.82, 2.24) is 9.97 Å². The maximum absolute atomic E-state index is 5.49. The van der Waals surface area contributed by atoms with Gasteiger partial charge in [-0.1, -0.05) is 84.9 Å². The molecule has 0 spiro atoms. The van der Waals surface area contributed by atoms with Gasteiger partial charge in [0.1, 0.15) is 6.10 Å². The van der Waals surface area contributed by atoms with Crippen LogP contribution in [0.2, 0.25) is 0 Å². The summed E-state index contributed by atoms with van der Waals surface area (Å²) in [6.45, 7) is 0.793. The number of hydrogen-bond acceptors (Lipinski definition) is 3. The third-order valence-electron chi connectivity index (χ3n) is 6.24. The normalized spacial score (nSPS) is 15.8. The number of hydrogen-bond donors (Lipinski definition) is 0. The largest absolute Gasteiger partial charge is 0.368 e. The van der Waals surface area contributed by atoms with Crippen molar-refractivity contribution in [3.05, 3.63) is 96.6 Å². The quantitative estimate of drug-likeness (QED) is 0.312. The number of fused-ring (bicyclic) bond motifs is 3. The van der Waals surface area contributed by atoms with Crippen LogP contribution in [0, 0.1) is 0 Å². The summed E-state index contributed by atoms with van der Waals surface area (Å²) in [5.41, 5.74) is 8.85. The van der Waals surface area contributed by atoms with Crippen LogP contribution < -0.4 is 0 Å². The lowest BCUT2D eigenvalue weighted by molar-refractivity contribution is 0.415. The summed E-state index contributed by atoms with van der Waals surface area (Å²) in [5.74, 6) is 0.755. The zero-order chi connectivity index (χ0) is 20.4. The molecule has 0 N–H and O–H groups in total. The first-order valence-electron chi connectivity index (χ1n) is 10.6. The van der Waals surface area contributed by atoms with Crippen LogP contribution in [-0.2, 0) is 4.74 Å². The molecule has 7 rings (SSSR count). The van der Waals surface area contributed by atoms with Crippen LogP contribution in [0.15, 0.2) is 91.0 Å². The van der Waals surface area contributed by atoms with E-state index in [9.17, 15) is 0 Å². The van der Waals surface area contributed by atoms with Crippen molar-refractivity contribution in [2.45, 2.75) is 6.10 Å². The highest BCUT2D eigenvalue weighted by Gasteiger charge is 2.29. The summed E-state index contributed by atoms with van der Waals surface area (Å²) < 4.78 is 5.49. The monoisotopic (exact) mass is 398 g/mol. The van der Waals surface area contributed by atoms with Gasteiger partial charge < -0.3 is 4.74 Å². The van der Waals surface area contributed by atoms with E-state index in [4.69, 9.17) is 14.7 Å². The van der Waals surface area contributed by atoms with E-state index in [0.717, 1.165) is 40.5 Å². The van der Waals surface area contributed by atoms with Gasteiger partial charge in [0.2, 0.25) is 0 Å². The molecule has 2 aliphatic rings. The molecule has 31 heavy (non-hydrogen) atoms. The second-order valence-corrected chi connectivity index (χ2v) is 8.14. The van der Waals surface area contributed by atoms with Crippen LogP contribution in [0.5, 0.6) is 0 Å². The molecule has 0 radical (unpaired) electrons. The van der Waals surface area contributed by atoms with Gasteiger partial charge in [-0.2, -0.15) is 0 Å². The summed E-state index contributed by atoms with van der Waals surface area (Å²) >= 11 is 0. The maximum atomic E-state index is 5.49. The molecule has 1 aliphatic heterocycles. The number of nitrogens with zero attached hydrogens (tertiary/aromatic N) is 2. The second-order valence-electron chi connectivity index (χ2n) is 8.14. The molecule has 1 fully saturated rings. The Morgan fingerprint density at radius 2 is 1.39 bits per heavy atom. The first kappa shape index (κ1) is 16.9. The smallest absolute Gasteiger partial charge is 0.160 e. The van der Waals surface area contributed by atoms with Crippen molar-refractivity contribution in [3.8, 4) is 45.0 Å². The fourth-order valence-corrected chi connectivity index (χ4v) is 4.71. The Morgan fingerprint density at radius 3 is 2.19 bits per heavy atom. The topological polar surface area (TPSA) is 38.3 Å². The molecule has 1 saturated heterocycles. The summed E-state index contributed by atoms with van der Waals surface area (Å²) in [7, 11) is 0. The van der Waals surface area contributed by atoms with Gasteiger partial charge in [0.15, 0.2) is 5.82 Å². The van der Waals surface area contributed by atoms with E-state index < -0.39 is 0 Å². The van der Waals surface area contributed by atoms with Gasteiger partial charge in [-0.15, -0.1) is 0 Å². The summed E-state index contributed by atoms with van der Waals surface area (Å²) in [5, 5.41) is 2.50. The minimum atomic E-state index is 0.209. The fourth-order valence-electron chi connectivity index (χ4n) is 4.71. The average molecular weight is 398 g/mol. The van der Waals surface area contributed by atoms with Crippen LogP contribution >= 0.6 is 0 Å². The van der Waals surface area contributed by atoms with E-state index in [1.807, 2.05) is 6.07 Å². The zero-order valence-electron chi connectivity index (χ0n) is 16.7. The highest BCUT2D eigenvalue weighted by Crippen LogP contribution is 2.50. The molecule has 0 saturated carbocycles. The zero-order valence-corrected chi connectivity index (χ0v) is 16.7. The third-order valence-corrected chi connectivity index (χ3v) is 6.24. The molecule has 1 aliphatic carbocycles. The van der Waals surface area contributed by atoms with Gasteiger partial charge >= 0.3 is 0 Å². The molecule has 3 nitrogen and oxygen atoms in total. The Kier molecular flexibility index (Phi) is 3.46. The number of epoxide rings is 1. The Balaban J connectivity index is 1.54. The third kappa shape index (κ3) is 2.57. The van der Waals surface area contributed by atoms with Gasteiger partial charge in [0.25, 0.3) is 0 Å². The lowest BCUT2D eigenvalue weighted by atomic mass is 9.99. The van der Waals surface area contributed by atoms with Crippen LogP contribution in [0.4, 0.5) is 0 Å². The SMILES string of the molecule is c1ccc(-c2nc(-c3cccc(C4CO4)c3)nc3c2-c2cccc4cccc-3c24)cc1. The van der Waals surface area contributed by atoms with Crippen molar-refractivity contribution < 1.29 is 4.74 Å². The van der Waals surface area contributed by atoms with Gasteiger partial charge in [0, 0.05) is 22.3 Å². The molecule has 0 bridgehead atoms. The Labute approximate surface area is 180 Å². The van der Waals surface area contributed by atoms with Crippen LogP contribution in [-0.4, -0.2) is 16.6 Å². The highest BCUT2D eigenvalue weighted by molar-refractivity contribution is 6.16. The molecule has 1 unspecified atom stereocenters. The number of ether oxygens (including phenoxy) is 1. The van der Waals surface area contributed by atoms with E-state index in [1.165, 1.54) is 27.5 Å². The van der Waals surface area contributed by atoms with Crippen molar-refractivity contribution in [2.24, 2.45) is 0 Å². The lowest BCUT2D eigenvalue weighted by Crippen LogP contribution is -1.98. The molecular weight excluding hydrogens is 380 g/mol. The van der Waals surface area contributed by atoms with Crippen molar-refractivity contribution in [3.63, 3.8) is 0 Å². The van der Waals surface area contributed by atoms with Crippen molar-refractivity contribution >= 4 is 10.8 Å². The van der Waals surface area contributed by atoms with Crippen LogP contribution in [0.25, 0.3) is 55.8 Å². The molecule has 4 aromatic carbocycles. The first-order chi connectivity index (χ1) is 15.4. The summed E-state index contributed by atoms with van der Waals surface area (Å²) in [6.07, 6.45) is 0.209. The van der Waals surface area contributed by atoms with E-state index in [1.54, 1.807) is 0 Å². The first-order valence-corrected chi connectivity index (χ1v) is 10.6. The lowest BCUT2D eigenvalue weighted by Gasteiger charge is -2.12. The van der Waals surface area contributed by atoms with Crippen molar-refractivity contribution in [1.29, 1.82) is 0 Å². The molecular formula is C28H18N2O. The molecule has 1 atom stereocenters. The van der Waals surface area contributed by atoms with Gasteiger partial charge in [0.05, 0.1) is 18.0 Å². The Morgan fingerprint density at radius 1 is 0.677 bits per heavy atom. The molecule has 5 aromatic rings. The highest BCUT2D eigenvalue weighted by atomic mass is 16.6. The van der Waals surface area contributed by atoms with Gasteiger partial charge in [-0.25, -0.2) is 9.97 Å². The van der Waals surface area contributed by atoms with E-state index in [2.05, 4.69) is 84.9 Å². The molecule has 1 aromatic heterocycles. The fraction of sp³-hybridized carbons (Fsp3) is 0.0714. The van der Waals surface area contributed by atoms with Gasteiger partial charge in [-0.05, 0) is 28.0 Å². The number of aromatic nitrogens is 2. The number of rotatable bonds is 3. The van der Waals surface area contributed by atoms with E-state index in [0.29, 0.717) is 0 Å². The number of benzene rings is 4. The minimum absolute atomic E-state index is 0.209. The molecule has 2 heterocycles. The average Bonchev–Trinajstić information content (AvgIpc) is 3.64. The molecule has 0 amide bonds. The Bertz CT molecular complexity index is 1480. The predicted molar refractivity (Wildman–Crippen MR) is 124 cm³/mol. The van der Waals surface area contributed by atoms with Gasteiger partial charge in [-0.3, -0.25) is 0 Å². The van der Waals surface area contributed by atoms with E-state index >= 15 is 0 Å². The molecule has 3 heteroatoms. The Hall–Kier alpha value is -3.82. The minimum Gasteiger partial charge on any atom is -0.368 e. The maximum Gasteiger partial charge on any atom is 0.160 e. The van der Waals surface area contributed by atoms with E-state index in [-0.39, 0.29) is 6.10 Å².